The fraction of sp³-hybridized carbons (Fsp3) is 0.294. The number of hydrogen-bond acceptors (Lipinski definition) is 5. The van der Waals surface area contributed by atoms with Crippen LogP contribution in [-0.4, -0.2) is 30.3 Å². The van der Waals surface area contributed by atoms with Gasteiger partial charge in [0.15, 0.2) is 16.3 Å². The lowest BCUT2D eigenvalue weighted by atomic mass is 10.2. The van der Waals surface area contributed by atoms with Crippen molar-refractivity contribution >= 4 is 40.4 Å². The van der Waals surface area contributed by atoms with E-state index in [0.29, 0.717) is 22.4 Å². The number of amides is 1. The van der Waals surface area contributed by atoms with Crippen LogP contribution in [0.5, 0.6) is 0 Å². The molecule has 3 rings (SSSR count). The molecule has 2 heterocycles. The zero-order valence-corrected chi connectivity index (χ0v) is 16.6. The molecule has 8 nitrogen and oxygen atoms in total. The maximum absolute atomic E-state index is 12.3. The molecule has 0 spiro atoms. The summed E-state index contributed by atoms with van der Waals surface area (Å²) >= 11 is 7.27. The first-order chi connectivity index (χ1) is 12.8. The number of halogens is 1. The highest BCUT2D eigenvalue weighted by atomic mass is 35.5. The van der Waals surface area contributed by atoms with E-state index in [1.165, 1.54) is 23.4 Å². The van der Waals surface area contributed by atoms with Gasteiger partial charge >= 0.3 is 5.69 Å². The molecule has 1 amide bonds. The highest BCUT2D eigenvalue weighted by Crippen LogP contribution is 2.20. The predicted molar refractivity (Wildman–Crippen MR) is 105 cm³/mol. The molecule has 10 heteroatoms. The molecule has 0 bridgehead atoms. The Morgan fingerprint density at radius 2 is 1.85 bits per heavy atom. The average Bonchev–Trinajstić information content (AvgIpc) is 2.99. The number of benzene rings is 1. The Balaban J connectivity index is 1.75. The predicted octanol–water partition coefficient (Wildman–Crippen LogP) is 1.03. The summed E-state index contributed by atoms with van der Waals surface area (Å²) in [6, 6.07) is 7.29. The van der Waals surface area contributed by atoms with Crippen molar-refractivity contribution in [2.45, 2.75) is 11.7 Å². The second-order valence-corrected chi connectivity index (χ2v) is 7.34. The summed E-state index contributed by atoms with van der Waals surface area (Å²) in [5.41, 5.74) is 0.560. The summed E-state index contributed by atoms with van der Waals surface area (Å²) in [7, 11) is 4.70. The molecule has 2 aromatic heterocycles. The third kappa shape index (κ3) is 3.65. The van der Waals surface area contributed by atoms with Gasteiger partial charge in [0.2, 0.25) is 5.91 Å². The van der Waals surface area contributed by atoms with Crippen LogP contribution in [-0.2, 0) is 32.5 Å². The van der Waals surface area contributed by atoms with Gasteiger partial charge in [0.1, 0.15) is 0 Å². The molecule has 3 aromatic rings. The molecular weight excluding hydrogens is 390 g/mol. The van der Waals surface area contributed by atoms with Crippen LogP contribution in [0.2, 0.25) is 5.02 Å². The van der Waals surface area contributed by atoms with Crippen LogP contribution in [0.3, 0.4) is 0 Å². The fourth-order valence-corrected chi connectivity index (χ4v) is 3.71. The van der Waals surface area contributed by atoms with Gasteiger partial charge < -0.3 is 9.88 Å². The zero-order valence-electron chi connectivity index (χ0n) is 15.0. The van der Waals surface area contributed by atoms with Gasteiger partial charge in [-0.05, 0) is 11.6 Å². The molecule has 0 radical (unpaired) electrons. The number of rotatable bonds is 5. The Morgan fingerprint density at radius 1 is 1.15 bits per heavy atom. The van der Waals surface area contributed by atoms with Gasteiger partial charge in [0.05, 0.1) is 5.75 Å². The standard InChI is InChI=1S/C17H18ClN5O3S/c1-21-14-13(15(25)23(3)17(26)22(14)2)20-16(21)27-9-12(24)19-8-10-6-4-5-7-11(10)18/h4-7H,8-9H2,1-3H3,(H,19,24). The van der Waals surface area contributed by atoms with E-state index in [2.05, 4.69) is 10.3 Å². The lowest BCUT2D eigenvalue weighted by Gasteiger charge is -2.07. The summed E-state index contributed by atoms with van der Waals surface area (Å²) in [4.78, 5) is 40.8. The second-order valence-electron chi connectivity index (χ2n) is 5.99. The number of carbonyl (C=O) groups is 1. The van der Waals surface area contributed by atoms with Gasteiger partial charge in [-0.25, -0.2) is 9.78 Å². The Bertz CT molecular complexity index is 1150. The van der Waals surface area contributed by atoms with Crippen LogP contribution in [0.4, 0.5) is 0 Å². The Morgan fingerprint density at radius 3 is 2.56 bits per heavy atom. The highest BCUT2D eigenvalue weighted by Gasteiger charge is 2.17. The summed E-state index contributed by atoms with van der Waals surface area (Å²) in [5, 5.41) is 3.88. The van der Waals surface area contributed by atoms with Gasteiger partial charge in [-0.3, -0.25) is 18.7 Å². The Hall–Kier alpha value is -2.52. The van der Waals surface area contributed by atoms with E-state index in [1.54, 1.807) is 24.7 Å². The van der Waals surface area contributed by atoms with E-state index >= 15 is 0 Å². The van der Waals surface area contributed by atoms with Crippen LogP contribution >= 0.6 is 23.4 Å². The molecular formula is C17H18ClN5O3S. The third-order valence-corrected chi connectivity index (χ3v) is 5.59. The number of aromatic nitrogens is 4. The summed E-state index contributed by atoms with van der Waals surface area (Å²) in [5.74, 6) is -0.0654. The van der Waals surface area contributed by atoms with E-state index in [-0.39, 0.29) is 17.2 Å². The molecule has 0 saturated carbocycles. The minimum atomic E-state index is -0.460. The summed E-state index contributed by atoms with van der Waals surface area (Å²) < 4.78 is 4.02. The summed E-state index contributed by atoms with van der Waals surface area (Å²) in [6.45, 7) is 0.330. The lowest BCUT2D eigenvalue weighted by molar-refractivity contribution is -0.118. The number of thioether (sulfide) groups is 1. The molecule has 1 N–H and O–H groups in total. The van der Waals surface area contributed by atoms with Crippen LogP contribution in [0.1, 0.15) is 5.56 Å². The maximum atomic E-state index is 12.3. The number of fused-ring (bicyclic) bond motifs is 1. The number of nitrogens with one attached hydrogen (secondary N) is 1. The van der Waals surface area contributed by atoms with Crippen LogP contribution in [0.25, 0.3) is 11.2 Å². The van der Waals surface area contributed by atoms with Crippen molar-refractivity contribution in [3.05, 3.63) is 55.7 Å². The quantitative estimate of drug-likeness (QED) is 0.638. The fourth-order valence-electron chi connectivity index (χ4n) is 2.70. The minimum Gasteiger partial charge on any atom is -0.351 e. The van der Waals surface area contributed by atoms with Gasteiger partial charge in [0.25, 0.3) is 5.56 Å². The van der Waals surface area contributed by atoms with E-state index < -0.39 is 11.2 Å². The molecule has 0 unspecified atom stereocenters. The number of aryl methyl sites for hydroxylation is 2. The Labute approximate surface area is 163 Å². The largest absolute Gasteiger partial charge is 0.351 e. The van der Waals surface area contributed by atoms with Crippen molar-refractivity contribution in [1.82, 2.24) is 24.0 Å². The summed E-state index contributed by atoms with van der Waals surface area (Å²) in [6.07, 6.45) is 0. The first-order valence-electron chi connectivity index (χ1n) is 8.06. The smallest absolute Gasteiger partial charge is 0.332 e. The average molecular weight is 408 g/mol. The first-order valence-corrected chi connectivity index (χ1v) is 9.43. The maximum Gasteiger partial charge on any atom is 0.332 e. The normalized spacial score (nSPS) is 11.1. The molecule has 0 fully saturated rings. The molecule has 1 aromatic carbocycles. The SMILES string of the molecule is Cn1c(=O)c2nc(SCC(=O)NCc3ccccc3Cl)n(C)c2n(C)c1=O. The van der Waals surface area contributed by atoms with Crippen LogP contribution < -0.4 is 16.6 Å². The van der Waals surface area contributed by atoms with E-state index in [9.17, 15) is 14.4 Å². The molecule has 0 aliphatic heterocycles. The van der Waals surface area contributed by atoms with E-state index in [1.807, 2.05) is 18.2 Å². The Kier molecular flexibility index (Phi) is 5.43. The topological polar surface area (TPSA) is 90.9 Å². The molecule has 0 saturated heterocycles. The van der Waals surface area contributed by atoms with Crippen LogP contribution in [0, 0.1) is 0 Å². The molecule has 0 aliphatic carbocycles. The zero-order chi connectivity index (χ0) is 19.7. The van der Waals surface area contributed by atoms with Crippen molar-refractivity contribution in [3.8, 4) is 0 Å². The number of hydrogen-bond donors (Lipinski definition) is 1. The number of imidazole rings is 1. The monoisotopic (exact) mass is 407 g/mol. The van der Waals surface area contributed by atoms with Crippen molar-refractivity contribution in [2.75, 3.05) is 5.75 Å². The van der Waals surface area contributed by atoms with Gasteiger partial charge in [-0.1, -0.05) is 41.6 Å². The molecule has 27 heavy (non-hydrogen) atoms. The second kappa shape index (κ2) is 7.61. The number of carbonyl (C=O) groups excluding carboxylic acids is 1. The van der Waals surface area contributed by atoms with Gasteiger partial charge in [-0.15, -0.1) is 0 Å². The van der Waals surface area contributed by atoms with Gasteiger partial charge in [-0.2, -0.15) is 0 Å². The van der Waals surface area contributed by atoms with E-state index in [0.717, 1.165) is 10.1 Å². The molecule has 0 aliphatic rings. The van der Waals surface area contributed by atoms with Gasteiger partial charge in [0, 0.05) is 32.7 Å². The van der Waals surface area contributed by atoms with Crippen molar-refractivity contribution in [2.24, 2.45) is 21.1 Å². The number of nitrogens with zero attached hydrogens (tertiary/aromatic N) is 4. The molecule has 0 atom stereocenters. The molecule has 142 valence electrons. The van der Waals surface area contributed by atoms with Crippen molar-refractivity contribution < 1.29 is 4.79 Å². The highest BCUT2D eigenvalue weighted by molar-refractivity contribution is 7.99. The third-order valence-electron chi connectivity index (χ3n) is 4.19. The van der Waals surface area contributed by atoms with E-state index in [4.69, 9.17) is 11.6 Å². The lowest BCUT2D eigenvalue weighted by Crippen LogP contribution is -2.37. The first kappa shape index (κ1) is 19.2. The minimum absolute atomic E-state index is 0.121. The van der Waals surface area contributed by atoms with Crippen LogP contribution in [0.15, 0.2) is 39.0 Å². The van der Waals surface area contributed by atoms with Crippen molar-refractivity contribution in [1.29, 1.82) is 0 Å². The van der Waals surface area contributed by atoms with Crippen molar-refractivity contribution in [3.63, 3.8) is 0 Å².